The number of nitrogens with one attached hydrogen (secondary N) is 1. The summed E-state index contributed by atoms with van der Waals surface area (Å²) in [6.45, 7) is 0.567. The van der Waals surface area contributed by atoms with Crippen LogP contribution in [0.5, 0.6) is 11.5 Å². The highest BCUT2D eigenvalue weighted by atomic mass is 16.5. The molecule has 1 amide bonds. The van der Waals surface area contributed by atoms with Gasteiger partial charge in [-0.2, -0.15) is 0 Å². The predicted molar refractivity (Wildman–Crippen MR) is 98.7 cm³/mol. The van der Waals surface area contributed by atoms with E-state index in [1.54, 1.807) is 20.4 Å². The quantitative estimate of drug-likeness (QED) is 0.862. The molecule has 138 valence electrons. The summed E-state index contributed by atoms with van der Waals surface area (Å²) in [6, 6.07) is 6.06. The van der Waals surface area contributed by atoms with Crippen molar-refractivity contribution < 1.29 is 14.3 Å². The van der Waals surface area contributed by atoms with E-state index >= 15 is 0 Å². The standard InChI is InChI=1S/C20H25N3O3/c1-25-17-7-6-15(12-18(17)26-2)20(8-4-3-5-9-20)14-23-19(24)16-13-21-10-11-22-16/h6-7,10-13H,3-5,8-9,14H2,1-2H3,(H,23,24). The zero-order chi connectivity index (χ0) is 18.4. The Hall–Kier alpha value is -2.63. The lowest BCUT2D eigenvalue weighted by atomic mass is 9.69. The van der Waals surface area contributed by atoms with Gasteiger partial charge in [0.1, 0.15) is 5.69 Å². The van der Waals surface area contributed by atoms with Crippen LogP contribution in [-0.4, -0.2) is 36.6 Å². The summed E-state index contributed by atoms with van der Waals surface area (Å²) in [7, 11) is 3.28. The third-order valence-corrected chi connectivity index (χ3v) is 5.19. The van der Waals surface area contributed by atoms with Crippen molar-refractivity contribution in [2.45, 2.75) is 37.5 Å². The number of nitrogens with zero attached hydrogens (tertiary/aromatic N) is 2. The molecule has 1 aliphatic carbocycles. The smallest absolute Gasteiger partial charge is 0.271 e. The van der Waals surface area contributed by atoms with Gasteiger partial charge in [0.2, 0.25) is 0 Å². The van der Waals surface area contributed by atoms with Crippen molar-refractivity contribution in [1.82, 2.24) is 15.3 Å². The summed E-state index contributed by atoms with van der Waals surface area (Å²) in [6.07, 6.45) is 10.2. The van der Waals surface area contributed by atoms with Gasteiger partial charge in [0.25, 0.3) is 5.91 Å². The lowest BCUT2D eigenvalue weighted by Gasteiger charge is -2.38. The van der Waals surface area contributed by atoms with E-state index in [0.717, 1.165) is 31.4 Å². The first-order valence-electron chi connectivity index (χ1n) is 8.95. The summed E-state index contributed by atoms with van der Waals surface area (Å²) in [5.41, 5.74) is 1.41. The maximum Gasteiger partial charge on any atom is 0.271 e. The molecule has 3 rings (SSSR count). The number of hydrogen-bond donors (Lipinski definition) is 1. The lowest BCUT2D eigenvalue weighted by Crippen LogP contribution is -2.42. The highest BCUT2D eigenvalue weighted by Crippen LogP contribution is 2.42. The molecular formula is C20H25N3O3. The number of aromatic nitrogens is 2. The first-order chi connectivity index (χ1) is 12.7. The number of rotatable bonds is 6. The zero-order valence-corrected chi connectivity index (χ0v) is 15.3. The second kappa shape index (κ2) is 8.17. The van der Waals surface area contributed by atoms with Gasteiger partial charge in [-0.1, -0.05) is 25.3 Å². The molecule has 1 heterocycles. The van der Waals surface area contributed by atoms with Gasteiger partial charge in [-0.05, 0) is 30.5 Å². The fourth-order valence-corrected chi connectivity index (χ4v) is 3.72. The molecule has 0 aliphatic heterocycles. The Bertz CT molecular complexity index is 743. The van der Waals surface area contributed by atoms with Crippen LogP contribution in [-0.2, 0) is 5.41 Å². The van der Waals surface area contributed by atoms with Crippen LogP contribution in [0.3, 0.4) is 0 Å². The molecule has 1 saturated carbocycles. The number of carbonyl (C=O) groups is 1. The normalized spacial score (nSPS) is 15.9. The molecule has 26 heavy (non-hydrogen) atoms. The van der Waals surface area contributed by atoms with Crippen LogP contribution < -0.4 is 14.8 Å². The third-order valence-electron chi connectivity index (χ3n) is 5.19. The molecule has 0 saturated heterocycles. The molecule has 1 aliphatic rings. The van der Waals surface area contributed by atoms with Crippen molar-refractivity contribution in [1.29, 1.82) is 0 Å². The number of amides is 1. The average Bonchev–Trinajstić information content (AvgIpc) is 2.72. The first-order valence-corrected chi connectivity index (χ1v) is 8.95. The van der Waals surface area contributed by atoms with Crippen molar-refractivity contribution in [3.8, 4) is 11.5 Å². The zero-order valence-electron chi connectivity index (χ0n) is 15.3. The van der Waals surface area contributed by atoms with E-state index < -0.39 is 0 Å². The Balaban J connectivity index is 1.84. The van der Waals surface area contributed by atoms with Crippen molar-refractivity contribution in [2.75, 3.05) is 20.8 Å². The van der Waals surface area contributed by atoms with Crippen LogP contribution in [0, 0.1) is 0 Å². The number of ether oxygens (including phenoxy) is 2. The SMILES string of the molecule is COc1ccc(C2(CNC(=O)c3cnccn3)CCCCC2)cc1OC. The van der Waals surface area contributed by atoms with Crippen molar-refractivity contribution in [3.63, 3.8) is 0 Å². The van der Waals surface area contributed by atoms with E-state index in [1.807, 2.05) is 12.1 Å². The Morgan fingerprint density at radius 3 is 2.54 bits per heavy atom. The Labute approximate surface area is 154 Å². The van der Waals surface area contributed by atoms with Gasteiger partial charge in [0, 0.05) is 24.4 Å². The van der Waals surface area contributed by atoms with E-state index in [1.165, 1.54) is 24.4 Å². The molecular weight excluding hydrogens is 330 g/mol. The van der Waals surface area contributed by atoms with E-state index in [4.69, 9.17) is 9.47 Å². The van der Waals surface area contributed by atoms with Crippen molar-refractivity contribution in [2.24, 2.45) is 0 Å². The Kier molecular flexibility index (Phi) is 5.71. The van der Waals surface area contributed by atoms with Gasteiger partial charge < -0.3 is 14.8 Å². The highest BCUT2D eigenvalue weighted by Gasteiger charge is 2.35. The second-order valence-electron chi connectivity index (χ2n) is 6.68. The van der Waals surface area contributed by atoms with E-state index in [0.29, 0.717) is 18.0 Å². The Morgan fingerprint density at radius 1 is 1.12 bits per heavy atom. The summed E-state index contributed by atoms with van der Waals surface area (Å²) in [4.78, 5) is 20.5. The molecule has 0 bridgehead atoms. The maximum atomic E-state index is 12.4. The number of carbonyl (C=O) groups excluding carboxylic acids is 1. The van der Waals surface area contributed by atoms with Crippen LogP contribution in [0.4, 0.5) is 0 Å². The number of benzene rings is 1. The molecule has 0 radical (unpaired) electrons. The molecule has 0 spiro atoms. The van der Waals surface area contributed by atoms with Gasteiger partial charge in [0.05, 0.1) is 20.4 Å². The molecule has 1 N–H and O–H groups in total. The largest absolute Gasteiger partial charge is 0.493 e. The van der Waals surface area contributed by atoms with Gasteiger partial charge in [-0.3, -0.25) is 9.78 Å². The maximum absolute atomic E-state index is 12.4. The minimum Gasteiger partial charge on any atom is -0.493 e. The lowest BCUT2D eigenvalue weighted by molar-refractivity contribution is 0.0931. The Morgan fingerprint density at radius 2 is 1.88 bits per heavy atom. The molecule has 6 nitrogen and oxygen atoms in total. The van der Waals surface area contributed by atoms with Crippen LogP contribution in [0.25, 0.3) is 0 Å². The van der Waals surface area contributed by atoms with Gasteiger partial charge >= 0.3 is 0 Å². The average molecular weight is 355 g/mol. The van der Waals surface area contributed by atoms with Crippen LogP contribution in [0.2, 0.25) is 0 Å². The van der Waals surface area contributed by atoms with E-state index in [-0.39, 0.29) is 11.3 Å². The molecule has 0 atom stereocenters. The molecule has 2 aromatic rings. The van der Waals surface area contributed by atoms with E-state index in [2.05, 4.69) is 21.4 Å². The van der Waals surface area contributed by atoms with Gasteiger partial charge in [-0.25, -0.2) is 4.98 Å². The molecule has 1 aromatic heterocycles. The summed E-state index contributed by atoms with van der Waals surface area (Å²) in [5.74, 6) is 1.24. The molecule has 1 fully saturated rings. The monoisotopic (exact) mass is 355 g/mol. The van der Waals surface area contributed by atoms with Crippen molar-refractivity contribution >= 4 is 5.91 Å². The second-order valence-corrected chi connectivity index (χ2v) is 6.68. The van der Waals surface area contributed by atoms with E-state index in [9.17, 15) is 4.79 Å². The minimum absolute atomic E-state index is 0.102. The van der Waals surface area contributed by atoms with Crippen LogP contribution in [0.15, 0.2) is 36.8 Å². The highest BCUT2D eigenvalue weighted by molar-refractivity contribution is 5.91. The minimum atomic E-state index is -0.191. The predicted octanol–water partition coefficient (Wildman–Crippen LogP) is 3.13. The third kappa shape index (κ3) is 3.79. The molecule has 6 heteroatoms. The van der Waals surface area contributed by atoms with Crippen LogP contribution in [0.1, 0.15) is 48.2 Å². The number of methoxy groups -OCH3 is 2. The van der Waals surface area contributed by atoms with Gasteiger partial charge in [0.15, 0.2) is 11.5 Å². The fourth-order valence-electron chi connectivity index (χ4n) is 3.72. The number of hydrogen-bond acceptors (Lipinski definition) is 5. The molecule has 0 unspecified atom stereocenters. The van der Waals surface area contributed by atoms with Gasteiger partial charge in [-0.15, -0.1) is 0 Å². The molecule has 1 aromatic carbocycles. The first kappa shape index (κ1) is 18.2. The fraction of sp³-hybridized carbons (Fsp3) is 0.450. The summed E-state index contributed by atoms with van der Waals surface area (Å²) < 4.78 is 10.8. The summed E-state index contributed by atoms with van der Waals surface area (Å²) in [5, 5.41) is 3.06. The summed E-state index contributed by atoms with van der Waals surface area (Å²) >= 11 is 0. The topological polar surface area (TPSA) is 73.3 Å². The van der Waals surface area contributed by atoms with Crippen molar-refractivity contribution in [3.05, 3.63) is 48.0 Å². The van der Waals surface area contributed by atoms with Crippen LogP contribution >= 0.6 is 0 Å².